The number of piperidine rings is 1. The van der Waals surface area contributed by atoms with Gasteiger partial charge in [-0.2, -0.15) is 18.3 Å². The summed E-state index contributed by atoms with van der Waals surface area (Å²) in [4.78, 5) is 28.6. The third-order valence-corrected chi connectivity index (χ3v) is 4.69. The van der Waals surface area contributed by atoms with Crippen LogP contribution < -0.4 is 0 Å². The number of carboxylic acid groups (broad SMARTS) is 1. The number of carbonyl (C=O) groups excluding carboxylic acids is 1. The van der Waals surface area contributed by atoms with E-state index in [1.807, 2.05) is 0 Å². The summed E-state index contributed by atoms with van der Waals surface area (Å²) in [5, 5.41) is 13.2. The number of amides is 1. The van der Waals surface area contributed by atoms with Gasteiger partial charge in [0.05, 0.1) is 23.5 Å². The fourth-order valence-electron chi connectivity index (χ4n) is 3.27. The van der Waals surface area contributed by atoms with Crippen molar-refractivity contribution in [2.75, 3.05) is 13.1 Å². The zero-order valence-corrected chi connectivity index (χ0v) is 14.4. The first-order chi connectivity index (χ1) is 12.7. The van der Waals surface area contributed by atoms with Crippen LogP contribution in [-0.2, 0) is 6.18 Å². The monoisotopic (exact) mass is 382 g/mol. The average molecular weight is 382 g/mol. The third-order valence-electron chi connectivity index (χ3n) is 4.69. The van der Waals surface area contributed by atoms with Crippen LogP contribution in [0.4, 0.5) is 13.2 Å². The van der Waals surface area contributed by atoms with E-state index in [0.29, 0.717) is 18.5 Å². The molecule has 1 saturated heterocycles. The lowest BCUT2D eigenvalue weighted by atomic mass is 10.0. The van der Waals surface area contributed by atoms with Gasteiger partial charge in [-0.1, -0.05) is 0 Å². The molecule has 10 heteroatoms. The second kappa shape index (κ2) is 7.01. The SMILES string of the molecule is Cc1c(C(=O)O)cnn1C1CCN(C(=O)c2ncccc2C(F)(F)F)CC1. The van der Waals surface area contributed by atoms with Crippen LogP contribution in [0, 0.1) is 6.92 Å². The molecule has 1 amide bonds. The maximum Gasteiger partial charge on any atom is 0.418 e. The standard InChI is InChI=1S/C17H17F3N4O3/c1-10-12(16(26)27)9-22-24(10)11-4-7-23(8-5-11)15(25)14-13(17(18,19)20)3-2-6-21-14/h2-3,6,9,11H,4-5,7-8H2,1H3,(H,26,27). The van der Waals surface area contributed by atoms with Gasteiger partial charge in [0.25, 0.3) is 5.91 Å². The summed E-state index contributed by atoms with van der Waals surface area (Å²) >= 11 is 0. The number of pyridine rings is 1. The van der Waals surface area contributed by atoms with Crippen LogP contribution in [0.25, 0.3) is 0 Å². The largest absolute Gasteiger partial charge is 0.478 e. The Morgan fingerprint density at radius 1 is 1.26 bits per heavy atom. The summed E-state index contributed by atoms with van der Waals surface area (Å²) < 4.78 is 40.9. The predicted molar refractivity (Wildman–Crippen MR) is 87.3 cm³/mol. The Kier molecular flexibility index (Phi) is 4.90. The molecule has 1 aliphatic heterocycles. The molecule has 2 aromatic rings. The van der Waals surface area contributed by atoms with E-state index in [1.54, 1.807) is 11.6 Å². The molecule has 0 saturated carbocycles. The Balaban J connectivity index is 1.73. The molecule has 1 fully saturated rings. The normalized spacial score (nSPS) is 15.8. The van der Waals surface area contributed by atoms with Crippen molar-refractivity contribution in [1.29, 1.82) is 0 Å². The highest BCUT2D eigenvalue weighted by molar-refractivity contribution is 5.94. The van der Waals surface area contributed by atoms with E-state index >= 15 is 0 Å². The van der Waals surface area contributed by atoms with Crippen LogP contribution in [0.1, 0.15) is 51.0 Å². The summed E-state index contributed by atoms with van der Waals surface area (Å²) in [6, 6.07) is 1.87. The summed E-state index contributed by atoms with van der Waals surface area (Å²) in [7, 11) is 0. The van der Waals surface area contributed by atoms with E-state index in [4.69, 9.17) is 5.11 Å². The molecule has 1 N–H and O–H groups in total. The molecular formula is C17H17F3N4O3. The zero-order valence-electron chi connectivity index (χ0n) is 14.4. The molecule has 7 nitrogen and oxygen atoms in total. The summed E-state index contributed by atoms with van der Waals surface area (Å²) in [5.74, 6) is -1.83. The predicted octanol–water partition coefficient (Wildman–Crippen LogP) is 2.78. The highest BCUT2D eigenvalue weighted by Gasteiger charge is 2.37. The smallest absolute Gasteiger partial charge is 0.418 e. The Bertz CT molecular complexity index is 871. The summed E-state index contributed by atoms with van der Waals surface area (Å²) in [6.07, 6.45) is -1.30. The lowest BCUT2D eigenvalue weighted by Crippen LogP contribution is -2.40. The molecule has 3 rings (SSSR count). The molecule has 0 atom stereocenters. The van der Waals surface area contributed by atoms with Gasteiger partial charge in [0.2, 0.25) is 0 Å². The number of halogens is 3. The quantitative estimate of drug-likeness (QED) is 0.882. The van der Waals surface area contributed by atoms with Crippen molar-refractivity contribution in [2.24, 2.45) is 0 Å². The van der Waals surface area contributed by atoms with Crippen LogP contribution >= 0.6 is 0 Å². The Morgan fingerprint density at radius 3 is 2.48 bits per heavy atom. The molecule has 2 aromatic heterocycles. The number of carboxylic acids is 1. The van der Waals surface area contributed by atoms with Gasteiger partial charge in [0.1, 0.15) is 11.3 Å². The number of alkyl halides is 3. The van der Waals surface area contributed by atoms with E-state index in [2.05, 4.69) is 10.1 Å². The highest BCUT2D eigenvalue weighted by Crippen LogP contribution is 2.32. The minimum atomic E-state index is -4.66. The summed E-state index contributed by atoms with van der Waals surface area (Å²) in [5.41, 5.74) is -1.04. The second-order valence-corrected chi connectivity index (χ2v) is 6.31. The molecular weight excluding hydrogens is 365 g/mol. The molecule has 0 spiro atoms. The Labute approximate surface area is 152 Å². The number of hydrogen-bond acceptors (Lipinski definition) is 4. The van der Waals surface area contributed by atoms with Gasteiger partial charge in [-0.05, 0) is 31.9 Å². The lowest BCUT2D eigenvalue weighted by Gasteiger charge is -2.32. The lowest BCUT2D eigenvalue weighted by molar-refractivity contribution is -0.138. The molecule has 27 heavy (non-hydrogen) atoms. The molecule has 1 aliphatic rings. The molecule has 0 radical (unpaired) electrons. The van der Waals surface area contributed by atoms with Crippen LogP contribution in [0.5, 0.6) is 0 Å². The van der Waals surface area contributed by atoms with Crippen LogP contribution in [0.2, 0.25) is 0 Å². The molecule has 0 bridgehead atoms. The average Bonchev–Trinajstić information content (AvgIpc) is 3.02. The van der Waals surface area contributed by atoms with Crippen molar-refractivity contribution in [3.05, 3.63) is 47.0 Å². The number of hydrogen-bond donors (Lipinski definition) is 1. The maximum atomic E-state index is 13.1. The van der Waals surface area contributed by atoms with Crippen LogP contribution in [0.15, 0.2) is 24.5 Å². The Hall–Kier alpha value is -2.91. The van der Waals surface area contributed by atoms with Crippen molar-refractivity contribution in [2.45, 2.75) is 32.0 Å². The van der Waals surface area contributed by atoms with E-state index in [9.17, 15) is 22.8 Å². The van der Waals surface area contributed by atoms with Gasteiger partial charge >= 0.3 is 12.1 Å². The van der Waals surface area contributed by atoms with Crippen molar-refractivity contribution in [3.63, 3.8) is 0 Å². The first-order valence-electron chi connectivity index (χ1n) is 8.29. The maximum absolute atomic E-state index is 13.1. The van der Waals surface area contributed by atoms with Crippen molar-refractivity contribution in [1.82, 2.24) is 19.7 Å². The van der Waals surface area contributed by atoms with Crippen molar-refractivity contribution >= 4 is 11.9 Å². The van der Waals surface area contributed by atoms with Gasteiger partial charge in [0.15, 0.2) is 0 Å². The topological polar surface area (TPSA) is 88.3 Å². The minimum Gasteiger partial charge on any atom is -0.478 e. The van der Waals surface area contributed by atoms with Gasteiger partial charge in [0, 0.05) is 19.3 Å². The number of carbonyl (C=O) groups is 2. The molecule has 144 valence electrons. The second-order valence-electron chi connectivity index (χ2n) is 6.31. The van der Waals surface area contributed by atoms with Crippen LogP contribution in [-0.4, -0.2) is 49.7 Å². The fraction of sp³-hybridized carbons (Fsp3) is 0.412. The minimum absolute atomic E-state index is 0.108. The van der Waals surface area contributed by atoms with Gasteiger partial charge in [-0.25, -0.2) is 4.79 Å². The van der Waals surface area contributed by atoms with Gasteiger partial charge in [-0.3, -0.25) is 14.5 Å². The number of aromatic nitrogens is 3. The van der Waals surface area contributed by atoms with E-state index < -0.39 is 29.3 Å². The number of nitrogens with zero attached hydrogens (tertiary/aromatic N) is 4. The number of rotatable bonds is 3. The van der Waals surface area contributed by atoms with Crippen molar-refractivity contribution < 1.29 is 27.9 Å². The first-order valence-corrected chi connectivity index (χ1v) is 8.29. The van der Waals surface area contributed by atoms with Crippen LogP contribution in [0.3, 0.4) is 0 Å². The number of aromatic carboxylic acids is 1. The zero-order chi connectivity index (χ0) is 19.8. The molecule has 0 aliphatic carbocycles. The first kappa shape index (κ1) is 18.9. The number of likely N-dealkylation sites (tertiary alicyclic amines) is 1. The van der Waals surface area contributed by atoms with E-state index in [0.717, 1.165) is 18.3 Å². The van der Waals surface area contributed by atoms with E-state index in [1.165, 1.54) is 11.1 Å². The third kappa shape index (κ3) is 3.64. The van der Waals surface area contributed by atoms with Gasteiger partial charge < -0.3 is 10.0 Å². The molecule has 3 heterocycles. The van der Waals surface area contributed by atoms with Crippen molar-refractivity contribution in [3.8, 4) is 0 Å². The molecule has 0 unspecified atom stereocenters. The summed E-state index contributed by atoms with van der Waals surface area (Å²) in [6.45, 7) is 2.12. The van der Waals surface area contributed by atoms with E-state index in [-0.39, 0.29) is 24.7 Å². The molecule has 0 aromatic carbocycles. The Morgan fingerprint density at radius 2 is 1.93 bits per heavy atom. The fourth-order valence-corrected chi connectivity index (χ4v) is 3.27. The highest BCUT2D eigenvalue weighted by atomic mass is 19.4. The van der Waals surface area contributed by atoms with Gasteiger partial charge in [-0.15, -0.1) is 0 Å².